The average molecular weight is 264 g/mol. The highest BCUT2D eigenvalue weighted by Gasteiger charge is 2.33. The van der Waals surface area contributed by atoms with Gasteiger partial charge in [-0.15, -0.1) is 0 Å². The van der Waals surface area contributed by atoms with Crippen LogP contribution in [-0.4, -0.2) is 28.8 Å². The molecule has 1 aromatic rings. The Balaban J connectivity index is 2.35. The standard InChI is InChI=1S/C10H15F3N4O/c11-10(12,13)8-2-6-17(16-8)7-3-9(18)15-5-1-4-14/h2,6H,1,3-5,7,14H2,(H,15,18). The van der Waals surface area contributed by atoms with E-state index in [0.717, 1.165) is 10.7 Å². The molecule has 0 fully saturated rings. The second-order valence-corrected chi connectivity index (χ2v) is 3.70. The van der Waals surface area contributed by atoms with E-state index in [0.29, 0.717) is 19.5 Å². The average Bonchev–Trinajstić information content (AvgIpc) is 2.75. The summed E-state index contributed by atoms with van der Waals surface area (Å²) in [6.07, 6.45) is -2.49. The molecule has 3 N–H and O–H groups in total. The van der Waals surface area contributed by atoms with Gasteiger partial charge in [-0.1, -0.05) is 0 Å². The van der Waals surface area contributed by atoms with Gasteiger partial charge in [-0.05, 0) is 19.0 Å². The minimum absolute atomic E-state index is 0.0869. The van der Waals surface area contributed by atoms with Crippen molar-refractivity contribution in [2.24, 2.45) is 5.73 Å². The van der Waals surface area contributed by atoms with Gasteiger partial charge in [0.2, 0.25) is 5.91 Å². The van der Waals surface area contributed by atoms with E-state index >= 15 is 0 Å². The summed E-state index contributed by atoms with van der Waals surface area (Å²) >= 11 is 0. The van der Waals surface area contributed by atoms with Crippen LogP contribution in [0.1, 0.15) is 18.5 Å². The maximum Gasteiger partial charge on any atom is 0.435 e. The Morgan fingerprint density at radius 3 is 2.78 bits per heavy atom. The molecule has 102 valence electrons. The molecule has 0 radical (unpaired) electrons. The number of hydrogen-bond acceptors (Lipinski definition) is 3. The van der Waals surface area contributed by atoms with Gasteiger partial charge < -0.3 is 11.1 Å². The number of halogens is 3. The van der Waals surface area contributed by atoms with Crippen LogP contribution in [0, 0.1) is 0 Å². The van der Waals surface area contributed by atoms with Gasteiger partial charge >= 0.3 is 6.18 Å². The van der Waals surface area contributed by atoms with Crippen LogP contribution in [0.25, 0.3) is 0 Å². The molecule has 18 heavy (non-hydrogen) atoms. The van der Waals surface area contributed by atoms with E-state index in [9.17, 15) is 18.0 Å². The Bertz CT molecular complexity index is 389. The van der Waals surface area contributed by atoms with Gasteiger partial charge in [0, 0.05) is 25.7 Å². The van der Waals surface area contributed by atoms with Crippen LogP contribution in [0.15, 0.2) is 12.3 Å². The highest BCUT2D eigenvalue weighted by atomic mass is 19.4. The van der Waals surface area contributed by atoms with Crippen molar-refractivity contribution in [1.82, 2.24) is 15.1 Å². The number of nitrogens with two attached hydrogens (primary N) is 1. The number of amides is 1. The summed E-state index contributed by atoms with van der Waals surface area (Å²) in [6, 6.07) is 0.881. The van der Waals surface area contributed by atoms with Crippen LogP contribution in [0.5, 0.6) is 0 Å². The first-order valence-corrected chi connectivity index (χ1v) is 5.51. The number of aromatic nitrogens is 2. The molecule has 1 amide bonds. The number of carbonyl (C=O) groups is 1. The highest BCUT2D eigenvalue weighted by Crippen LogP contribution is 2.27. The van der Waals surface area contributed by atoms with Crippen molar-refractivity contribution in [2.75, 3.05) is 13.1 Å². The molecular formula is C10H15F3N4O. The van der Waals surface area contributed by atoms with E-state index in [-0.39, 0.29) is 18.9 Å². The predicted molar refractivity (Wildman–Crippen MR) is 58.5 cm³/mol. The van der Waals surface area contributed by atoms with Crippen molar-refractivity contribution in [3.05, 3.63) is 18.0 Å². The largest absolute Gasteiger partial charge is 0.435 e. The van der Waals surface area contributed by atoms with Crippen molar-refractivity contribution in [3.8, 4) is 0 Å². The van der Waals surface area contributed by atoms with Gasteiger partial charge in [0.1, 0.15) is 0 Å². The zero-order valence-corrected chi connectivity index (χ0v) is 9.70. The quantitative estimate of drug-likeness (QED) is 0.745. The second-order valence-electron chi connectivity index (χ2n) is 3.70. The molecule has 8 heteroatoms. The first kappa shape index (κ1) is 14.5. The van der Waals surface area contributed by atoms with Gasteiger partial charge in [-0.25, -0.2) is 0 Å². The summed E-state index contributed by atoms with van der Waals surface area (Å²) in [7, 11) is 0. The van der Waals surface area contributed by atoms with Crippen LogP contribution in [0.4, 0.5) is 13.2 Å². The van der Waals surface area contributed by atoms with Gasteiger partial charge in [-0.3, -0.25) is 9.48 Å². The van der Waals surface area contributed by atoms with E-state index in [1.54, 1.807) is 0 Å². The lowest BCUT2D eigenvalue weighted by Gasteiger charge is -2.04. The number of hydrogen-bond donors (Lipinski definition) is 2. The summed E-state index contributed by atoms with van der Waals surface area (Å²) in [6.45, 7) is 1.07. The van der Waals surface area contributed by atoms with Crippen molar-refractivity contribution >= 4 is 5.91 Å². The number of nitrogens with one attached hydrogen (secondary N) is 1. The Hall–Kier alpha value is -1.57. The first-order valence-electron chi connectivity index (χ1n) is 5.51. The maximum absolute atomic E-state index is 12.2. The molecule has 0 atom stereocenters. The van der Waals surface area contributed by atoms with Crippen LogP contribution in [0.3, 0.4) is 0 Å². The zero-order chi connectivity index (χ0) is 13.6. The van der Waals surface area contributed by atoms with E-state index in [4.69, 9.17) is 5.73 Å². The van der Waals surface area contributed by atoms with E-state index in [1.807, 2.05) is 0 Å². The summed E-state index contributed by atoms with van der Waals surface area (Å²) in [4.78, 5) is 11.3. The second kappa shape index (κ2) is 6.39. The molecule has 1 aromatic heterocycles. The number of aryl methyl sites for hydroxylation is 1. The molecule has 0 saturated heterocycles. The van der Waals surface area contributed by atoms with Crippen LogP contribution >= 0.6 is 0 Å². The third-order valence-corrected chi connectivity index (χ3v) is 2.20. The Morgan fingerprint density at radius 1 is 1.50 bits per heavy atom. The Kier molecular flexibility index (Phi) is 5.14. The molecule has 0 unspecified atom stereocenters. The van der Waals surface area contributed by atoms with Gasteiger partial charge in [0.15, 0.2) is 5.69 Å². The predicted octanol–water partition coefficient (Wildman–Crippen LogP) is 0.757. The van der Waals surface area contributed by atoms with E-state index in [1.165, 1.54) is 6.20 Å². The van der Waals surface area contributed by atoms with E-state index < -0.39 is 11.9 Å². The van der Waals surface area contributed by atoms with Crippen molar-refractivity contribution in [3.63, 3.8) is 0 Å². The molecule has 0 saturated carbocycles. The minimum Gasteiger partial charge on any atom is -0.356 e. The normalized spacial score (nSPS) is 11.6. The number of carbonyl (C=O) groups excluding carboxylic acids is 1. The van der Waals surface area contributed by atoms with Crippen LogP contribution in [-0.2, 0) is 17.5 Å². The molecule has 0 spiro atoms. The molecular weight excluding hydrogens is 249 g/mol. The fourth-order valence-corrected chi connectivity index (χ4v) is 1.27. The minimum atomic E-state index is -4.45. The molecule has 0 bridgehead atoms. The number of nitrogens with zero attached hydrogens (tertiary/aromatic N) is 2. The smallest absolute Gasteiger partial charge is 0.356 e. The molecule has 0 aromatic carbocycles. The maximum atomic E-state index is 12.2. The van der Waals surface area contributed by atoms with Gasteiger partial charge in [0.05, 0.1) is 0 Å². The van der Waals surface area contributed by atoms with Crippen LogP contribution < -0.4 is 11.1 Å². The molecule has 5 nitrogen and oxygen atoms in total. The summed E-state index contributed by atoms with van der Waals surface area (Å²) in [5, 5.41) is 5.95. The first-order chi connectivity index (χ1) is 8.43. The number of alkyl halides is 3. The summed E-state index contributed by atoms with van der Waals surface area (Å²) in [5.74, 6) is -0.229. The Morgan fingerprint density at radius 2 is 2.22 bits per heavy atom. The van der Waals surface area contributed by atoms with E-state index in [2.05, 4.69) is 10.4 Å². The molecule has 0 aliphatic carbocycles. The lowest BCUT2D eigenvalue weighted by atomic mass is 10.3. The third-order valence-electron chi connectivity index (χ3n) is 2.20. The lowest BCUT2D eigenvalue weighted by Crippen LogP contribution is -2.26. The van der Waals surface area contributed by atoms with Crippen LogP contribution in [0.2, 0.25) is 0 Å². The van der Waals surface area contributed by atoms with Gasteiger partial charge in [0.25, 0.3) is 0 Å². The summed E-state index contributed by atoms with van der Waals surface area (Å²) < 4.78 is 37.8. The summed E-state index contributed by atoms with van der Waals surface area (Å²) in [5.41, 5.74) is 4.30. The van der Waals surface area contributed by atoms with Crippen molar-refractivity contribution in [2.45, 2.75) is 25.6 Å². The lowest BCUT2D eigenvalue weighted by molar-refractivity contribution is -0.141. The van der Waals surface area contributed by atoms with Crippen molar-refractivity contribution in [1.29, 1.82) is 0 Å². The molecule has 0 aliphatic rings. The monoisotopic (exact) mass is 264 g/mol. The topological polar surface area (TPSA) is 72.9 Å². The molecule has 0 aliphatic heterocycles. The third kappa shape index (κ3) is 4.74. The van der Waals surface area contributed by atoms with Gasteiger partial charge in [-0.2, -0.15) is 18.3 Å². The SMILES string of the molecule is NCCCNC(=O)CCn1ccc(C(F)(F)F)n1. The zero-order valence-electron chi connectivity index (χ0n) is 9.70. The fraction of sp³-hybridized carbons (Fsp3) is 0.600. The molecule has 1 heterocycles. The molecule has 1 rings (SSSR count). The highest BCUT2D eigenvalue weighted by molar-refractivity contribution is 5.75. The fourth-order valence-electron chi connectivity index (χ4n) is 1.27. The number of rotatable bonds is 6. The van der Waals surface area contributed by atoms with Crippen molar-refractivity contribution < 1.29 is 18.0 Å². The Labute approximate surface area is 102 Å².